The molecule has 1 aliphatic heterocycles. The fourth-order valence-corrected chi connectivity index (χ4v) is 4.90. The molecular formula is C21H20F3N7OS. The van der Waals surface area contributed by atoms with Gasteiger partial charge in [-0.1, -0.05) is 13.3 Å². The van der Waals surface area contributed by atoms with Crippen LogP contribution in [0.4, 0.5) is 19.0 Å². The fourth-order valence-electron chi connectivity index (χ4n) is 3.79. The summed E-state index contributed by atoms with van der Waals surface area (Å²) in [6.45, 7) is 3.00. The van der Waals surface area contributed by atoms with Gasteiger partial charge in [0.15, 0.2) is 5.82 Å². The lowest BCUT2D eigenvalue weighted by Gasteiger charge is -2.29. The first kappa shape index (κ1) is 21.6. The summed E-state index contributed by atoms with van der Waals surface area (Å²) in [5.74, 6) is -0.0816. The van der Waals surface area contributed by atoms with Gasteiger partial charge in [-0.3, -0.25) is 4.98 Å². The molecule has 172 valence electrons. The quantitative estimate of drug-likeness (QED) is 0.412. The van der Waals surface area contributed by atoms with Crippen LogP contribution in [0.3, 0.4) is 0 Å². The molecule has 0 aliphatic carbocycles. The van der Waals surface area contributed by atoms with E-state index in [0.717, 1.165) is 33.2 Å². The highest BCUT2D eigenvalue weighted by molar-refractivity contribution is 7.18. The van der Waals surface area contributed by atoms with E-state index in [9.17, 15) is 13.2 Å². The number of aromatic nitrogens is 6. The van der Waals surface area contributed by atoms with Gasteiger partial charge in [0.1, 0.15) is 17.3 Å². The molecule has 4 aromatic rings. The van der Waals surface area contributed by atoms with Gasteiger partial charge in [-0.2, -0.15) is 23.1 Å². The third-order valence-electron chi connectivity index (χ3n) is 5.32. The van der Waals surface area contributed by atoms with Gasteiger partial charge in [0.25, 0.3) is 0 Å². The molecular weight excluding hydrogens is 455 g/mol. The number of nitrogens with zero attached hydrogens (tertiary/aromatic N) is 7. The Bertz CT molecular complexity index is 1270. The van der Waals surface area contributed by atoms with Crippen LogP contribution in [0.25, 0.3) is 10.2 Å². The molecule has 0 fully saturated rings. The molecule has 0 atom stereocenters. The van der Waals surface area contributed by atoms with Crippen LogP contribution >= 0.6 is 11.3 Å². The average molecular weight is 476 g/mol. The number of aryl methyl sites for hydroxylation is 1. The van der Waals surface area contributed by atoms with Gasteiger partial charge < -0.3 is 14.2 Å². The Hall–Kier alpha value is -3.28. The number of anilines is 1. The summed E-state index contributed by atoms with van der Waals surface area (Å²) in [6.07, 6.45) is 0.740. The minimum Gasteiger partial charge on any atom is -0.459 e. The van der Waals surface area contributed by atoms with E-state index < -0.39 is 12.0 Å². The molecule has 0 bridgehead atoms. The average Bonchev–Trinajstić information content (AvgIpc) is 3.41. The zero-order chi connectivity index (χ0) is 23.0. The van der Waals surface area contributed by atoms with Gasteiger partial charge in [-0.25, -0.2) is 0 Å². The van der Waals surface area contributed by atoms with E-state index in [4.69, 9.17) is 4.74 Å². The molecule has 0 saturated heterocycles. The van der Waals surface area contributed by atoms with Crippen molar-refractivity contribution in [2.24, 2.45) is 0 Å². The first-order valence-corrected chi connectivity index (χ1v) is 11.3. The molecule has 12 heteroatoms. The Kier molecular flexibility index (Phi) is 5.60. The fraction of sp³-hybridized carbons (Fsp3) is 0.381. The van der Waals surface area contributed by atoms with Gasteiger partial charge in [0.05, 0.1) is 11.9 Å². The SMILES string of the molecule is CCCc1cc2c(N3CCn4c(nnc4C(F)(F)F)C3)nc(OCc3ccncc3)nc2s1. The number of hydrogen-bond donors (Lipinski definition) is 0. The number of rotatable bonds is 6. The maximum atomic E-state index is 13.2. The van der Waals surface area contributed by atoms with Crippen LogP contribution in [0, 0.1) is 0 Å². The van der Waals surface area contributed by atoms with Crippen LogP contribution < -0.4 is 9.64 Å². The summed E-state index contributed by atoms with van der Waals surface area (Å²) in [4.78, 5) is 17.1. The second kappa shape index (κ2) is 8.58. The van der Waals surface area contributed by atoms with E-state index in [-0.39, 0.29) is 31.5 Å². The lowest BCUT2D eigenvalue weighted by Crippen LogP contribution is -2.36. The molecule has 5 heterocycles. The van der Waals surface area contributed by atoms with Crippen LogP contribution in [-0.2, 0) is 32.3 Å². The molecule has 1 aliphatic rings. The Balaban J connectivity index is 1.48. The van der Waals surface area contributed by atoms with Gasteiger partial charge >= 0.3 is 12.2 Å². The number of thiophene rings is 1. The van der Waals surface area contributed by atoms with Gasteiger partial charge in [0.2, 0.25) is 5.82 Å². The molecule has 0 spiro atoms. The van der Waals surface area contributed by atoms with Crippen molar-refractivity contribution >= 4 is 27.4 Å². The van der Waals surface area contributed by atoms with E-state index in [1.165, 1.54) is 4.88 Å². The zero-order valence-electron chi connectivity index (χ0n) is 17.7. The van der Waals surface area contributed by atoms with Crippen molar-refractivity contribution in [2.75, 3.05) is 11.4 Å². The summed E-state index contributed by atoms with van der Waals surface area (Å²) in [6, 6.07) is 5.98. The summed E-state index contributed by atoms with van der Waals surface area (Å²) in [5.41, 5.74) is 0.929. The van der Waals surface area contributed by atoms with Crippen molar-refractivity contribution in [1.82, 2.24) is 29.7 Å². The van der Waals surface area contributed by atoms with E-state index in [2.05, 4.69) is 38.1 Å². The maximum Gasteiger partial charge on any atom is 0.451 e. The topological polar surface area (TPSA) is 81.9 Å². The molecule has 33 heavy (non-hydrogen) atoms. The summed E-state index contributed by atoms with van der Waals surface area (Å²) in [7, 11) is 0. The normalized spacial score (nSPS) is 14.0. The summed E-state index contributed by atoms with van der Waals surface area (Å²) < 4.78 is 46.6. The van der Waals surface area contributed by atoms with Gasteiger partial charge in [-0.15, -0.1) is 21.5 Å². The van der Waals surface area contributed by atoms with E-state index >= 15 is 0 Å². The molecule has 0 unspecified atom stereocenters. The third kappa shape index (κ3) is 4.34. The number of alkyl halides is 3. The Labute approximate surface area is 191 Å². The molecule has 5 rings (SSSR count). The van der Waals surface area contributed by atoms with Crippen molar-refractivity contribution in [3.63, 3.8) is 0 Å². The molecule has 4 aromatic heterocycles. The molecule has 8 nitrogen and oxygen atoms in total. The lowest BCUT2D eigenvalue weighted by atomic mass is 10.2. The standard InChI is InChI=1S/C21H20F3N7OS/c1-2-3-14-10-15-17(30-8-9-31-16(11-30)28-29-19(31)21(22,23)24)26-20(27-18(15)33-14)32-12-13-4-6-25-7-5-13/h4-7,10H,2-3,8-9,11-12H2,1H3. The summed E-state index contributed by atoms with van der Waals surface area (Å²) in [5, 5.41) is 8.02. The molecule has 0 aromatic carbocycles. The Morgan fingerprint density at radius 2 is 1.94 bits per heavy atom. The monoisotopic (exact) mass is 475 g/mol. The minimum atomic E-state index is -4.54. The molecule has 0 amide bonds. The molecule has 0 N–H and O–H groups in total. The smallest absolute Gasteiger partial charge is 0.451 e. The molecule has 0 saturated carbocycles. The minimum absolute atomic E-state index is 0.113. The second-order valence-electron chi connectivity index (χ2n) is 7.67. The number of ether oxygens (including phenoxy) is 1. The van der Waals surface area contributed by atoms with Crippen LogP contribution in [-0.4, -0.2) is 36.3 Å². The van der Waals surface area contributed by atoms with Crippen LogP contribution in [0.2, 0.25) is 0 Å². The predicted molar refractivity (Wildman–Crippen MR) is 116 cm³/mol. The van der Waals surface area contributed by atoms with Crippen molar-refractivity contribution in [1.29, 1.82) is 0 Å². The van der Waals surface area contributed by atoms with Gasteiger partial charge in [0, 0.05) is 30.4 Å². The first-order chi connectivity index (χ1) is 15.9. The highest BCUT2D eigenvalue weighted by atomic mass is 32.1. The highest BCUT2D eigenvalue weighted by Crippen LogP contribution is 2.36. The predicted octanol–water partition coefficient (Wildman–Crippen LogP) is 4.25. The van der Waals surface area contributed by atoms with E-state index in [1.807, 2.05) is 17.0 Å². The van der Waals surface area contributed by atoms with E-state index in [1.54, 1.807) is 23.7 Å². The van der Waals surface area contributed by atoms with Crippen molar-refractivity contribution in [3.05, 3.63) is 52.7 Å². The number of fused-ring (bicyclic) bond motifs is 2. The van der Waals surface area contributed by atoms with Crippen molar-refractivity contribution in [2.45, 2.75) is 45.6 Å². The number of hydrogen-bond acceptors (Lipinski definition) is 8. The largest absolute Gasteiger partial charge is 0.459 e. The van der Waals surface area contributed by atoms with E-state index in [0.29, 0.717) is 12.4 Å². The first-order valence-electron chi connectivity index (χ1n) is 10.5. The Morgan fingerprint density at radius 1 is 1.12 bits per heavy atom. The number of pyridine rings is 1. The lowest BCUT2D eigenvalue weighted by molar-refractivity contribution is -0.147. The van der Waals surface area contributed by atoms with Crippen LogP contribution in [0.5, 0.6) is 6.01 Å². The zero-order valence-corrected chi connectivity index (χ0v) is 18.5. The van der Waals surface area contributed by atoms with Crippen molar-refractivity contribution < 1.29 is 17.9 Å². The van der Waals surface area contributed by atoms with Crippen LogP contribution in [0.15, 0.2) is 30.6 Å². The Morgan fingerprint density at radius 3 is 2.70 bits per heavy atom. The highest BCUT2D eigenvalue weighted by Gasteiger charge is 2.39. The second-order valence-corrected chi connectivity index (χ2v) is 8.78. The maximum absolute atomic E-state index is 13.2. The van der Waals surface area contributed by atoms with Gasteiger partial charge in [-0.05, 0) is 30.2 Å². The number of halogens is 3. The van der Waals surface area contributed by atoms with Crippen molar-refractivity contribution in [3.8, 4) is 6.01 Å². The third-order valence-corrected chi connectivity index (χ3v) is 6.41. The summed E-state index contributed by atoms with van der Waals surface area (Å²) >= 11 is 1.58. The van der Waals surface area contributed by atoms with Crippen LogP contribution in [0.1, 0.15) is 35.4 Å². The molecule has 0 radical (unpaired) electrons.